The van der Waals surface area contributed by atoms with E-state index >= 15 is 0 Å². The SMILES string of the molecule is O=C(N1CCN(Cc2ccccn2)CC1)C12CC1C2. The van der Waals surface area contributed by atoms with Crippen LogP contribution < -0.4 is 0 Å². The van der Waals surface area contributed by atoms with Crippen LogP contribution in [0.25, 0.3) is 0 Å². The van der Waals surface area contributed by atoms with Crippen molar-refractivity contribution in [3.8, 4) is 0 Å². The van der Waals surface area contributed by atoms with E-state index in [1.165, 1.54) is 12.8 Å². The highest BCUT2D eigenvalue weighted by molar-refractivity contribution is 5.90. The molecular formula is C15H19N3O. The molecule has 3 fully saturated rings. The van der Waals surface area contributed by atoms with E-state index in [2.05, 4.69) is 20.9 Å². The first-order valence-electron chi connectivity index (χ1n) is 7.20. The molecule has 1 aliphatic heterocycles. The fourth-order valence-corrected chi connectivity index (χ4v) is 3.20. The molecule has 0 aromatic carbocycles. The summed E-state index contributed by atoms with van der Waals surface area (Å²) < 4.78 is 0. The van der Waals surface area contributed by atoms with Gasteiger partial charge in [0.05, 0.1) is 11.1 Å². The number of hydrogen-bond acceptors (Lipinski definition) is 3. The molecule has 4 nitrogen and oxygen atoms in total. The highest BCUT2D eigenvalue weighted by atomic mass is 16.2. The van der Waals surface area contributed by atoms with Gasteiger partial charge in [-0.25, -0.2) is 0 Å². The second kappa shape index (κ2) is 4.04. The van der Waals surface area contributed by atoms with Crippen LogP contribution in [0, 0.1) is 11.3 Å². The average molecular weight is 257 g/mol. The number of hydrogen-bond donors (Lipinski definition) is 0. The van der Waals surface area contributed by atoms with E-state index in [0.717, 1.165) is 44.3 Å². The van der Waals surface area contributed by atoms with Crippen LogP contribution in [0.4, 0.5) is 0 Å². The van der Waals surface area contributed by atoms with Crippen molar-refractivity contribution in [3.05, 3.63) is 30.1 Å². The lowest BCUT2D eigenvalue weighted by Crippen LogP contribution is -2.49. The summed E-state index contributed by atoms with van der Waals surface area (Å²) in [4.78, 5) is 21.1. The summed E-state index contributed by atoms with van der Waals surface area (Å²) in [5, 5.41) is 0. The van der Waals surface area contributed by atoms with Crippen LogP contribution >= 0.6 is 0 Å². The summed E-state index contributed by atoms with van der Waals surface area (Å²) in [6, 6.07) is 6.04. The van der Waals surface area contributed by atoms with E-state index in [0.29, 0.717) is 5.91 Å². The molecule has 2 heterocycles. The second-order valence-corrected chi connectivity index (χ2v) is 6.15. The molecule has 0 bridgehead atoms. The summed E-state index contributed by atoms with van der Waals surface area (Å²) >= 11 is 0. The fourth-order valence-electron chi connectivity index (χ4n) is 3.20. The van der Waals surface area contributed by atoms with Gasteiger partial charge in [-0.05, 0) is 30.9 Å². The summed E-state index contributed by atoms with van der Waals surface area (Å²) in [6.07, 6.45) is 4.18. The number of rotatable bonds is 3. The Bertz CT molecular complexity index is 487. The molecule has 1 aromatic rings. The maximum atomic E-state index is 12.3. The maximum absolute atomic E-state index is 12.3. The molecule has 1 saturated heterocycles. The summed E-state index contributed by atoms with van der Waals surface area (Å²) in [5.74, 6) is 1.20. The molecule has 1 aromatic heterocycles. The van der Waals surface area contributed by atoms with Crippen LogP contribution in [0.2, 0.25) is 0 Å². The van der Waals surface area contributed by atoms with Crippen molar-refractivity contribution >= 4 is 5.91 Å². The van der Waals surface area contributed by atoms with Crippen LogP contribution in [-0.2, 0) is 11.3 Å². The maximum Gasteiger partial charge on any atom is 0.229 e. The van der Waals surface area contributed by atoms with Crippen molar-refractivity contribution in [1.29, 1.82) is 0 Å². The normalized spacial score (nSPS) is 32.8. The van der Waals surface area contributed by atoms with Gasteiger partial charge in [-0.15, -0.1) is 0 Å². The molecule has 4 heteroatoms. The summed E-state index contributed by atoms with van der Waals surface area (Å²) in [5.41, 5.74) is 1.26. The lowest BCUT2D eigenvalue weighted by Gasteiger charge is -2.35. The molecule has 0 atom stereocenters. The Labute approximate surface area is 113 Å². The van der Waals surface area contributed by atoms with Crippen molar-refractivity contribution in [1.82, 2.24) is 14.8 Å². The smallest absolute Gasteiger partial charge is 0.229 e. The van der Waals surface area contributed by atoms with Crippen LogP contribution in [-0.4, -0.2) is 46.9 Å². The lowest BCUT2D eigenvalue weighted by atomic mass is 10.1. The highest BCUT2D eigenvalue weighted by Crippen LogP contribution is 2.75. The van der Waals surface area contributed by atoms with Crippen LogP contribution in [0.15, 0.2) is 24.4 Å². The number of amides is 1. The van der Waals surface area contributed by atoms with Gasteiger partial charge in [0.25, 0.3) is 0 Å². The van der Waals surface area contributed by atoms with E-state index < -0.39 is 0 Å². The van der Waals surface area contributed by atoms with Crippen molar-refractivity contribution < 1.29 is 4.79 Å². The summed E-state index contributed by atoms with van der Waals surface area (Å²) in [7, 11) is 0. The zero-order valence-corrected chi connectivity index (χ0v) is 11.1. The molecule has 2 saturated carbocycles. The standard InChI is InChI=1S/C15H19N3O/c19-14(15-9-12(15)10-15)18-7-5-17(6-8-18)11-13-3-1-2-4-16-13/h1-4,12H,5-11H2. The molecule has 3 aliphatic rings. The zero-order valence-electron chi connectivity index (χ0n) is 11.1. The molecule has 0 radical (unpaired) electrons. The van der Waals surface area contributed by atoms with Crippen molar-refractivity contribution in [2.24, 2.45) is 11.3 Å². The van der Waals surface area contributed by atoms with E-state index in [4.69, 9.17) is 0 Å². The summed E-state index contributed by atoms with van der Waals surface area (Å²) in [6.45, 7) is 4.63. The Morgan fingerprint density at radius 3 is 2.58 bits per heavy atom. The third kappa shape index (κ3) is 1.94. The van der Waals surface area contributed by atoms with Gasteiger partial charge in [-0.3, -0.25) is 14.7 Å². The number of fused-ring (bicyclic) bond motifs is 1. The fraction of sp³-hybridized carbons (Fsp3) is 0.600. The Kier molecular flexibility index (Phi) is 2.42. The van der Waals surface area contributed by atoms with Gasteiger partial charge in [-0.2, -0.15) is 0 Å². The molecule has 0 N–H and O–H groups in total. The number of aromatic nitrogens is 1. The number of nitrogens with zero attached hydrogens (tertiary/aromatic N) is 3. The Hall–Kier alpha value is -1.42. The molecule has 19 heavy (non-hydrogen) atoms. The van der Waals surface area contributed by atoms with Crippen LogP contribution in [0.5, 0.6) is 0 Å². The van der Waals surface area contributed by atoms with Gasteiger partial charge in [0.15, 0.2) is 0 Å². The van der Waals surface area contributed by atoms with Gasteiger partial charge in [0.1, 0.15) is 0 Å². The topological polar surface area (TPSA) is 36.4 Å². The Morgan fingerprint density at radius 2 is 2.00 bits per heavy atom. The molecular weight excluding hydrogens is 238 g/mol. The van der Waals surface area contributed by atoms with E-state index in [-0.39, 0.29) is 5.41 Å². The van der Waals surface area contributed by atoms with Gasteiger partial charge in [0.2, 0.25) is 5.91 Å². The van der Waals surface area contributed by atoms with E-state index in [1.54, 1.807) is 0 Å². The molecule has 100 valence electrons. The van der Waals surface area contributed by atoms with E-state index in [9.17, 15) is 4.79 Å². The van der Waals surface area contributed by atoms with Gasteiger partial charge < -0.3 is 4.90 Å². The second-order valence-electron chi connectivity index (χ2n) is 6.15. The lowest BCUT2D eigenvalue weighted by molar-refractivity contribution is -0.136. The number of carbonyl (C=O) groups is 1. The number of pyridine rings is 1. The minimum Gasteiger partial charge on any atom is -0.340 e. The van der Waals surface area contributed by atoms with Gasteiger partial charge in [-0.1, -0.05) is 6.07 Å². The average Bonchev–Trinajstić information content (AvgIpc) is 3.29. The first kappa shape index (κ1) is 11.4. The Balaban J connectivity index is 1.31. The highest BCUT2D eigenvalue weighted by Gasteiger charge is 2.75. The quantitative estimate of drug-likeness (QED) is 0.814. The van der Waals surface area contributed by atoms with E-state index in [1.807, 2.05) is 18.3 Å². The van der Waals surface area contributed by atoms with Crippen LogP contribution in [0.3, 0.4) is 0 Å². The van der Waals surface area contributed by atoms with Crippen molar-refractivity contribution in [2.45, 2.75) is 19.4 Å². The third-order valence-electron chi connectivity index (χ3n) is 4.88. The molecule has 4 rings (SSSR count). The molecule has 2 aliphatic carbocycles. The first-order chi connectivity index (χ1) is 9.28. The van der Waals surface area contributed by atoms with Gasteiger partial charge >= 0.3 is 0 Å². The minimum atomic E-state index is 0.142. The first-order valence-corrected chi connectivity index (χ1v) is 7.20. The molecule has 0 spiro atoms. The largest absolute Gasteiger partial charge is 0.340 e. The number of carbonyl (C=O) groups excluding carboxylic acids is 1. The van der Waals surface area contributed by atoms with Gasteiger partial charge in [0, 0.05) is 38.9 Å². The van der Waals surface area contributed by atoms with Crippen molar-refractivity contribution in [2.75, 3.05) is 26.2 Å². The molecule has 1 amide bonds. The monoisotopic (exact) mass is 257 g/mol. The predicted molar refractivity (Wildman–Crippen MR) is 71.3 cm³/mol. The Morgan fingerprint density at radius 1 is 1.26 bits per heavy atom. The zero-order chi connectivity index (χ0) is 12.9. The number of piperazine rings is 1. The predicted octanol–water partition coefficient (Wildman–Crippen LogP) is 1.14. The molecule has 0 unspecified atom stereocenters. The van der Waals surface area contributed by atoms with Crippen molar-refractivity contribution in [3.63, 3.8) is 0 Å². The third-order valence-corrected chi connectivity index (χ3v) is 4.88. The van der Waals surface area contributed by atoms with Crippen LogP contribution in [0.1, 0.15) is 18.5 Å². The minimum absolute atomic E-state index is 0.142.